The first-order valence-corrected chi connectivity index (χ1v) is 53.7. The number of hydrogen-bond acceptors (Lipinski definition) is 20. The van der Waals surface area contributed by atoms with Gasteiger partial charge in [-0.25, -0.2) is 0 Å². The molecule has 16 aromatic rings. The predicted molar refractivity (Wildman–Crippen MR) is 564 cm³/mol. The van der Waals surface area contributed by atoms with Gasteiger partial charge in [-0.3, -0.25) is 47.9 Å². The van der Waals surface area contributed by atoms with E-state index in [1.165, 1.54) is 129 Å². The van der Waals surface area contributed by atoms with Gasteiger partial charge in [-0.05, 0) is 368 Å². The molecule has 21 heteroatoms. The predicted octanol–water partition coefficient (Wildman–Crippen LogP) is 24.3. The Hall–Kier alpha value is -13.1. The van der Waals surface area contributed by atoms with Gasteiger partial charge in [0.2, 0.25) is 0 Å². The summed E-state index contributed by atoms with van der Waals surface area (Å²) in [5.74, 6) is -6.43. The van der Waals surface area contributed by atoms with Gasteiger partial charge >= 0.3 is 76.8 Å². The van der Waals surface area contributed by atoms with Crippen molar-refractivity contribution in [3.8, 4) is 0 Å². The van der Waals surface area contributed by atoms with E-state index < -0.39 is 56.2 Å². The number of ether oxygens (including phenoxy) is 10. The zero-order valence-corrected chi connectivity index (χ0v) is 86.4. The molecular weight excluding hydrogens is 1900 g/mol. The number of esters is 10. The Kier molecular flexibility index (Phi) is 19.1. The Morgan fingerprint density at radius 2 is 0.500 bits per heavy atom. The van der Waals surface area contributed by atoms with Crippen LogP contribution < -0.4 is 0 Å². The molecule has 0 saturated heterocycles. The number of rotatable bonds is 30. The molecule has 0 spiro atoms. The van der Waals surface area contributed by atoms with Crippen molar-refractivity contribution in [2.45, 2.75) is 223 Å². The zero-order valence-electron chi connectivity index (χ0n) is 85.3. The van der Waals surface area contributed by atoms with Crippen LogP contribution in [0.1, 0.15) is 257 Å². The van der Waals surface area contributed by atoms with E-state index in [1.807, 2.05) is 69.2 Å². The van der Waals surface area contributed by atoms with Crippen LogP contribution in [0.15, 0.2) is 130 Å². The molecule has 148 heavy (non-hydrogen) atoms. The first-order chi connectivity index (χ1) is 70.6. The summed E-state index contributed by atoms with van der Waals surface area (Å²) in [6.07, 6.45) is 13.5. The van der Waals surface area contributed by atoms with Crippen LogP contribution in [0.5, 0.6) is 0 Å². The number of fused-ring (bicyclic) bond motifs is 10. The smallest absolute Gasteiger partial charge is 0.466 e. The van der Waals surface area contributed by atoms with Gasteiger partial charge in [0.15, 0.2) is 0 Å². The van der Waals surface area contributed by atoms with Crippen molar-refractivity contribution in [1.29, 1.82) is 0 Å². The third-order valence-electron chi connectivity index (χ3n) is 39.4. The topological polar surface area (TPSA) is 263 Å². The molecule has 3 saturated carbocycles. The van der Waals surface area contributed by atoms with E-state index in [9.17, 15) is 38.4 Å². The van der Waals surface area contributed by atoms with Gasteiger partial charge in [0.1, 0.15) is 0 Å². The average molecular weight is 2010 g/mol. The van der Waals surface area contributed by atoms with Gasteiger partial charge in [0, 0.05) is 47.3 Å². The van der Waals surface area contributed by atoms with Crippen molar-refractivity contribution < 1.29 is 112 Å². The van der Waals surface area contributed by atoms with E-state index in [2.05, 4.69) is 84.9 Å². The molecule has 33 rings (SSSR count). The zero-order chi connectivity index (χ0) is 98.3. The second-order valence-corrected chi connectivity index (χ2v) is 44.5. The number of allylic oxidation sites excluding steroid dienone is 12. The molecule has 0 heterocycles. The summed E-state index contributed by atoms with van der Waals surface area (Å²) in [4.78, 5) is 147. The summed E-state index contributed by atoms with van der Waals surface area (Å²) in [6.45, 7) is 20.4. The van der Waals surface area contributed by atoms with Crippen LogP contribution in [0, 0.1) is 50.4 Å². The fourth-order valence-corrected chi connectivity index (χ4v) is 36.8. The summed E-state index contributed by atoms with van der Waals surface area (Å²) in [5, 5.41) is 32.9. The minimum Gasteiger partial charge on any atom is -0.466 e. The molecule has 17 aliphatic carbocycles. The first kappa shape index (κ1) is 92.3. The summed E-state index contributed by atoms with van der Waals surface area (Å²) < 4.78 is 59.9. The molecular formula is C127H112FeO20. The molecule has 0 aliphatic heterocycles. The van der Waals surface area contributed by atoms with Crippen LogP contribution >= 0.6 is 0 Å². The van der Waals surface area contributed by atoms with Crippen LogP contribution in [0.4, 0.5) is 0 Å². The Balaban J connectivity index is 0.000000134. The summed E-state index contributed by atoms with van der Waals surface area (Å²) in [7, 11) is 0. The fourth-order valence-electron chi connectivity index (χ4n) is 36.8. The number of hydrogen-bond donors (Lipinski definition) is 0. The molecule has 0 amide bonds. The Bertz CT molecular complexity index is 8610. The van der Waals surface area contributed by atoms with E-state index in [1.54, 1.807) is 0 Å². The Morgan fingerprint density at radius 1 is 0.257 bits per heavy atom. The second-order valence-electron chi connectivity index (χ2n) is 44.5. The van der Waals surface area contributed by atoms with Crippen molar-refractivity contribution in [3.05, 3.63) is 211 Å². The molecule has 3 fully saturated rings. The van der Waals surface area contributed by atoms with Gasteiger partial charge in [0.25, 0.3) is 0 Å². The van der Waals surface area contributed by atoms with E-state index in [0.717, 1.165) is 176 Å². The average Bonchev–Trinajstić information content (AvgIpc) is 1.41. The molecule has 16 aromatic carbocycles. The van der Waals surface area contributed by atoms with E-state index in [0.29, 0.717) is 12.8 Å². The summed E-state index contributed by atoms with van der Waals surface area (Å²) in [6, 6.07) is 27.4. The Labute approximate surface area is 863 Å². The van der Waals surface area contributed by atoms with E-state index in [-0.39, 0.29) is 246 Å². The molecule has 14 atom stereocenters. The molecule has 0 N–H and O–H groups in total. The largest absolute Gasteiger partial charge is 2.00 e. The summed E-state index contributed by atoms with van der Waals surface area (Å²) in [5.41, 5.74) is 16.5. The van der Waals surface area contributed by atoms with Crippen molar-refractivity contribution in [2.75, 3.05) is 66.1 Å². The minimum atomic E-state index is -1.12. The minimum absolute atomic E-state index is 0. The van der Waals surface area contributed by atoms with E-state index in [4.69, 9.17) is 47.4 Å². The van der Waals surface area contributed by atoms with Crippen LogP contribution in [0.2, 0.25) is 0 Å². The van der Waals surface area contributed by atoms with Crippen molar-refractivity contribution in [3.63, 3.8) is 0 Å². The standard InChI is InChI=1S/2C60H48O10.C5H10.2CH3.Fe/c2*1-6-66-34(61)19-24-17-32-30-15-13-28-26-11-12-27-29-14-16-31-33-18-25(20-35(62)67-7-2)40-39(24)51-57-52(40)59(33,22-37(64)69-9-4)54-46(31)44(29)48-42(27)41(26)47-43(28)45(30)53(58(32,51)21-36(63)68-8-3)55-49(47)50(48)56(54)60(55,57)23-38(65)70-10-5;1-2-4-5-3-1;;;/h2*11-17,24-25,33,40H,6-10,18-23H2,1-5H3;1-5H2;2*1H3;/q;;;2*-1;+2/t2*24?,25?,33?,40?,58?,59?,60-;;;;/m00..../s1. The van der Waals surface area contributed by atoms with Gasteiger partial charge in [-0.2, -0.15) is 0 Å². The SMILES string of the molecule is C1CCCC1.CCOC(=O)CC1C=C2c3ccc4c5ccc6c7ccc8c9c%10c%11c%12c%13c%14c(c3c4c%13c5c6c%12c97)C2(CC(=O)OCC)C2=C1C1C(=C2[C@@]%14%11CC(=O)OCC)C%10(CC(=O)OCC)C8CC1CC(=O)OCC.CCOC(=O)CC1C=C2c3ccc4c5ccc6c7ccc8c9c%10c%11c%12c%13c%14c(c3c4c%13c5c6c%12c97)C2(CC(=O)OCC)C2=C1C1C(=C2[C@@]%14%11CC(=O)OCC)C%10(CC(=O)OCC)C8CC1CC(=O)OCC.[CH3-].[CH3-].[Fe+2]. The maximum Gasteiger partial charge on any atom is 2.00 e. The molecule has 0 bridgehead atoms. The quantitative estimate of drug-likeness (QED) is 0.0133. The van der Waals surface area contributed by atoms with Crippen LogP contribution in [0.3, 0.4) is 0 Å². The number of carbonyl (C=O) groups is 10. The molecule has 17 aliphatic rings. The fraction of sp³-hybridized carbons (Fsp3) is 0.402. The van der Waals surface area contributed by atoms with Gasteiger partial charge in [0.05, 0.1) is 139 Å². The number of carbonyl (C=O) groups excluding carboxylic acids is 10. The molecule has 748 valence electrons. The summed E-state index contributed by atoms with van der Waals surface area (Å²) >= 11 is 0. The molecule has 20 nitrogen and oxygen atoms in total. The molecule has 12 unspecified atom stereocenters. The van der Waals surface area contributed by atoms with Gasteiger partial charge < -0.3 is 62.2 Å². The van der Waals surface area contributed by atoms with Crippen LogP contribution in [-0.2, 0) is 145 Å². The van der Waals surface area contributed by atoms with Crippen molar-refractivity contribution in [1.82, 2.24) is 0 Å². The maximum atomic E-state index is 15.2. The number of benzene rings is 12. The third-order valence-corrected chi connectivity index (χ3v) is 39.4. The normalized spacial score (nSPS) is 26.6. The van der Waals surface area contributed by atoms with Crippen molar-refractivity contribution >= 4 is 222 Å². The molecule has 0 radical (unpaired) electrons. The monoisotopic (exact) mass is 2010 g/mol. The Morgan fingerprint density at radius 3 is 0.804 bits per heavy atom. The maximum absolute atomic E-state index is 15.2. The van der Waals surface area contributed by atoms with E-state index >= 15 is 9.59 Å². The van der Waals surface area contributed by atoms with Crippen LogP contribution in [0.25, 0.3) is 162 Å². The molecule has 0 aromatic heterocycles. The second kappa shape index (κ2) is 30.6. The van der Waals surface area contributed by atoms with Crippen molar-refractivity contribution in [2.24, 2.45) is 35.5 Å². The third kappa shape index (κ3) is 9.79. The van der Waals surface area contributed by atoms with Gasteiger partial charge in [-0.1, -0.05) is 128 Å². The van der Waals surface area contributed by atoms with Crippen LogP contribution in [-0.4, -0.2) is 126 Å². The van der Waals surface area contributed by atoms with Gasteiger partial charge in [-0.15, -0.1) is 0 Å². The first-order valence-electron chi connectivity index (χ1n) is 53.7.